The number of rotatable bonds is 11. The van der Waals surface area contributed by atoms with Gasteiger partial charge in [0.25, 0.3) is 17.7 Å². The number of carbonyl (C=O) groups excluding carboxylic acids is 3. The summed E-state index contributed by atoms with van der Waals surface area (Å²) in [4.78, 5) is 47.2. The van der Waals surface area contributed by atoms with Gasteiger partial charge in [-0.25, -0.2) is 0 Å². The molecule has 3 aromatic heterocycles. The van der Waals surface area contributed by atoms with Gasteiger partial charge in [0, 0.05) is 62.2 Å². The van der Waals surface area contributed by atoms with Crippen LogP contribution < -0.4 is 22.1 Å². The normalized spacial score (nSPS) is 11.7. The number of carbonyl (C=O) groups is 3. The molecule has 0 unspecified atom stereocenters. The average Bonchev–Trinajstić information content (AvgIpc) is 3.56. The zero-order valence-electron chi connectivity index (χ0n) is 25.9. The Labute approximate surface area is 266 Å². The Morgan fingerprint density at radius 1 is 0.891 bits per heavy atom. The number of primary amides is 1. The van der Waals surface area contributed by atoms with Crippen LogP contribution in [0.4, 0.5) is 11.4 Å². The molecule has 5 rings (SSSR count). The van der Waals surface area contributed by atoms with Gasteiger partial charge in [0.1, 0.15) is 11.4 Å². The van der Waals surface area contributed by atoms with E-state index in [1.165, 1.54) is 0 Å². The standard InChI is InChI=1S/C35H36N8O3/c1-4-38-31(36)16-15-27-29(21-43(3)32(27)33(37)44)41-35(46)30-18-26(20-42(30)2)40-34(45)24-13-11-22(12-14-24)9-10-23-17-25-7-5-6-8-28(25)39-19-23/h5-14,17-21H,4,15-16H2,1-3H3,(H2,36,38)(H2,37,44)(H,40,45)(H,41,46)/b10-9+. The summed E-state index contributed by atoms with van der Waals surface area (Å²) in [5.74, 6) is -0.890. The van der Waals surface area contributed by atoms with E-state index in [1.807, 2.05) is 61.7 Å². The third kappa shape index (κ3) is 7.21. The summed E-state index contributed by atoms with van der Waals surface area (Å²) < 4.78 is 3.20. The molecule has 0 saturated carbocycles. The van der Waals surface area contributed by atoms with Gasteiger partial charge in [-0.05, 0) is 54.8 Å². The molecule has 11 nitrogen and oxygen atoms in total. The molecule has 0 spiro atoms. The number of pyridine rings is 1. The lowest BCUT2D eigenvalue weighted by Gasteiger charge is -2.09. The topological polar surface area (TPSA) is 162 Å². The van der Waals surface area contributed by atoms with Crippen LogP contribution in [0.25, 0.3) is 23.1 Å². The number of anilines is 2. The second-order valence-electron chi connectivity index (χ2n) is 10.9. The summed E-state index contributed by atoms with van der Waals surface area (Å²) in [5.41, 5.74) is 17.0. The summed E-state index contributed by atoms with van der Waals surface area (Å²) in [7, 11) is 3.39. The van der Waals surface area contributed by atoms with Gasteiger partial charge in [-0.3, -0.25) is 24.4 Å². The van der Waals surface area contributed by atoms with Gasteiger partial charge in [-0.2, -0.15) is 0 Å². The molecule has 0 fully saturated rings. The van der Waals surface area contributed by atoms with Gasteiger partial charge in [-0.1, -0.05) is 42.5 Å². The summed E-state index contributed by atoms with van der Waals surface area (Å²) in [6.07, 6.45) is 9.84. The summed E-state index contributed by atoms with van der Waals surface area (Å²) in [6, 6.07) is 18.8. The first-order valence-electron chi connectivity index (χ1n) is 14.8. The highest BCUT2D eigenvalue weighted by Crippen LogP contribution is 2.25. The van der Waals surface area contributed by atoms with E-state index in [1.54, 1.807) is 53.8 Å². The van der Waals surface area contributed by atoms with Crippen LogP contribution in [0.1, 0.15) is 61.4 Å². The molecule has 2 aromatic carbocycles. The Hall–Kier alpha value is -5.97. The molecule has 234 valence electrons. The first-order valence-corrected chi connectivity index (χ1v) is 14.8. The number of amidine groups is 1. The number of para-hydroxylation sites is 1. The van der Waals surface area contributed by atoms with Crippen molar-refractivity contribution in [3.05, 3.63) is 113 Å². The molecule has 0 radical (unpaired) electrons. The van der Waals surface area contributed by atoms with E-state index in [2.05, 4.69) is 26.7 Å². The molecule has 3 amide bonds. The number of nitrogens with two attached hydrogens (primary N) is 2. The van der Waals surface area contributed by atoms with Crippen molar-refractivity contribution in [2.75, 3.05) is 17.2 Å². The van der Waals surface area contributed by atoms with Crippen molar-refractivity contribution < 1.29 is 14.4 Å². The number of aliphatic imine (C=N–C) groups is 1. The van der Waals surface area contributed by atoms with Crippen LogP contribution >= 0.6 is 0 Å². The minimum Gasteiger partial charge on any atom is -0.387 e. The monoisotopic (exact) mass is 616 g/mol. The quantitative estimate of drug-likeness (QED) is 0.121. The summed E-state index contributed by atoms with van der Waals surface area (Å²) in [5, 5.41) is 6.81. The minimum atomic E-state index is -0.612. The third-order valence-corrected chi connectivity index (χ3v) is 7.51. The van der Waals surface area contributed by atoms with E-state index in [0.29, 0.717) is 53.4 Å². The Kier molecular flexibility index (Phi) is 9.41. The smallest absolute Gasteiger partial charge is 0.272 e. The van der Waals surface area contributed by atoms with Crippen LogP contribution in [0.2, 0.25) is 0 Å². The van der Waals surface area contributed by atoms with Gasteiger partial charge < -0.3 is 31.2 Å². The number of hydrogen-bond acceptors (Lipinski definition) is 5. The number of nitrogens with one attached hydrogen (secondary N) is 2. The fourth-order valence-electron chi connectivity index (χ4n) is 5.26. The molecule has 0 bridgehead atoms. The SMILES string of the molecule is CCN=C(N)CCc1c(NC(=O)c2cc(NC(=O)c3ccc(/C=C/c4cnc5ccccc5c4)cc3)cn2C)cn(C)c1C(N)=O. The fraction of sp³-hybridized carbons (Fsp3) is 0.171. The van der Waals surface area contributed by atoms with Crippen LogP contribution in [-0.2, 0) is 20.5 Å². The lowest BCUT2D eigenvalue weighted by molar-refractivity contribution is 0.0987. The number of amides is 3. The zero-order valence-corrected chi connectivity index (χ0v) is 25.9. The maximum atomic E-state index is 13.3. The van der Waals surface area contributed by atoms with Crippen LogP contribution in [0.3, 0.4) is 0 Å². The molecular weight excluding hydrogens is 580 g/mol. The number of hydrogen-bond donors (Lipinski definition) is 4. The molecule has 46 heavy (non-hydrogen) atoms. The zero-order chi connectivity index (χ0) is 32.8. The molecule has 6 N–H and O–H groups in total. The second kappa shape index (κ2) is 13.8. The Morgan fingerprint density at radius 3 is 2.37 bits per heavy atom. The van der Waals surface area contributed by atoms with E-state index in [0.717, 1.165) is 22.0 Å². The van der Waals surface area contributed by atoms with E-state index < -0.39 is 11.8 Å². The van der Waals surface area contributed by atoms with Crippen molar-refractivity contribution in [2.45, 2.75) is 19.8 Å². The van der Waals surface area contributed by atoms with E-state index in [-0.39, 0.29) is 11.6 Å². The Balaban J connectivity index is 1.25. The predicted octanol–water partition coefficient (Wildman–Crippen LogP) is 5.00. The van der Waals surface area contributed by atoms with E-state index in [4.69, 9.17) is 11.5 Å². The molecule has 5 aromatic rings. The predicted molar refractivity (Wildman–Crippen MR) is 183 cm³/mol. The summed E-state index contributed by atoms with van der Waals surface area (Å²) >= 11 is 0. The molecule has 0 aliphatic carbocycles. The first kappa shape index (κ1) is 31.5. The number of benzene rings is 2. The van der Waals surface area contributed by atoms with Gasteiger partial charge in [0.05, 0.1) is 22.7 Å². The lowest BCUT2D eigenvalue weighted by atomic mass is 10.1. The fourth-order valence-corrected chi connectivity index (χ4v) is 5.26. The van der Waals surface area contributed by atoms with E-state index >= 15 is 0 Å². The van der Waals surface area contributed by atoms with Gasteiger partial charge in [0.15, 0.2) is 0 Å². The number of aryl methyl sites for hydroxylation is 2. The average molecular weight is 617 g/mol. The molecular formula is C35H36N8O3. The van der Waals surface area contributed by atoms with Crippen molar-refractivity contribution in [3.8, 4) is 0 Å². The van der Waals surface area contributed by atoms with Gasteiger partial charge in [0.2, 0.25) is 0 Å². The lowest BCUT2D eigenvalue weighted by Crippen LogP contribution is -2.20. The van der Waals surface area contributed by atoms with Crippen LogP contribution in [0.15, 0.2) is 84.2 Å². The van der Waals surface area contributed by atoms with Crippen molar-refractivity contribution in [1.82, 2.24) is 14.1 Å². The highest BCUT2D eigenvalue weighted by atomic mass is 16.2. The second-order valence-corrected chi connectivity index (χ2v) is 10.9. The molecule has 0 aliphatic rings. The number of aromatic nitrogens is 3. The van der Waals surface area contributed by atoms with Crippen molar-refractivity contribution in [2.24, 2.45) is 30.6 Å². The van der Waals surface area contributed by atoms with Crippen molar-refractivity contribution in [1.29, 1.82) is 0 Å². The number of fused-ring (bicyclic) bond motifs is 1. The molecule has 0 aliphatic heterocycles. The van der Waals surface area contributed by atoms with Crippen molar-refractivity contribution in [3.63, 3.8) is 0 Å². The molecule has 0 atom stereocenters. The summed E-state index contributed by atoms with van der Waals surface area (Å²) in [6.45, 7) is 2.43. The van der Waals surface area contributed by atoms with Crippen LogP contribution in [0, 0.1) is 0 Å². The highest BCUT2D eigenvalue weighted by molar-refractivity contribution is 6.08. The van der Waals surface area contributed by atoms with Gasteiger partial charge in [-0.15, -0.1) is 0 Å². The highest BCUT2D eigenvalue weighted by Gasteiger charge is 2.22. The van der Waals surface area contributed by atoms with Gasteiger partial charge >= 0.3 is 0 Å². The minimum absolute atomic E-state index is 0.284. The Bertz CT molecular complexity index is 1980. The maximum absolute atomic E-state index is 13.3. The largest absolute Gasteiger partial charge is 0.387 e. The molecule has 0 saturated heterocycles. The van der Waals surface area contributed by atoms with Crippen LogP contribution in [0.5, 0.6) is 0 Å². The van der Waals surface area contributed by atoms with Crippen LogP contribution in [-0.4, -0.2) is 44.2 Å². The van der Waals surface area contributed by atoms with Crippen molar-refractivity contribution >= 4 is 58.0 Å². The first-order chi connectivity index (χ1) is 22.1. The maximum Gasteiger partial charge on any atom is 0.272 e. The Morgan fingerprint density at radius 2 is 1.63 bits per heavy atom. The van der Waals surface area contributed by atoms with E-state index in [9.17, 15) is 14.4 Å². The molecule has 3 heterocycles. The number of nitrogens with zero attached hydrogens (tertiary/aromatic N) is 4. The third-order valence-electron chi connectivity index (χ3n) is 7.51. The molecule has 11 heteroatoms.